The van der Waals surface area contributed by atoms with Crippen LogP contribution in [0.1, 0.15) is 36.8 Å². The van der Waals surface area contributed by atoms with E-state index in [0.717, 1.165) is 6.42 Å². The molecule has 2 amide bonds. The highest BCUT2D eigenvalue weighted by Crippen LogP contribution is 2.16. The van der Waals surface area contributed by atoms with Gasteiger partial charge >= 0.3 is 11.9 Å². The van der Waals surface area contributed by atoms with Gasteiger partial charge in [-0.25, -0.2) is 14.9 Å². The molecule has 1 heterocycles. The number of nitrogens with zero attached hydrogens (tertiary/aromatic N) is 3. The molecule has 214 valence electrons. The maximum absolute atomic E-state index is 13.8. The number of nitrogens with two attached hydrogens (primary N) is 2. The van der Waals surface area contributed by atoms with Gasteiger partial charge < -0.3 is 26.8 Å². The first kappa shape index (κ1) is 30.0. The van der Waals surface area contributed by atoms with Crippen LogP contribution >= 0.6 is 0 Å². The number of benzene rings is 2. The second-order valence-corrected chi connectivity index (χ2v) is 9.38. The van der Waals surface area contributed by atoms with E-state index in [2.05, 4.69) is 15.6 Å². The highest BCUT2D eigenvalue weighted by molar-refractivity contribution is 5.91. The zero-order chi connectivity index (χ0) is 28.9. The third-order valence-corrected chi connectivity index (χ3v) is 6.40. The van der Waals surface area contributed by atoms with Gasteiger partial charge in [-0.1, -0.05) is 60.7 Å². The van der Waals surface area contributed by atoms with Crippen molar-refractivity contribution >= 4 is 23.7 Å². The Bertz CT molecular complexity index is 1170. The first-order valence-electron chi connectivity index (χ1n) is 13.1. The van der Waals surface area contributed by atoms with Crippen LogP contribution in [-0.2, 0) is 32.1 Å². The summed E-state index contributed by atoms with van der Waals surface area (Å²) in [5, 5.41) is 17.4. The topological polar surface area (TPSA) is 195 Å². The summed E-state index contributed by atoms with van der Waals surface area (Å²) in [7, 11) is 0. The zero-order valence-electron chi connectivity index (χ0n) is 22.1. The minimum Gasteiger partial charge on any atom is -0.459 e. The average molecular weight is 554 g/mol. The monoisotopic (exact) mass is 553 g/mol. The van der Waals surface area contributed by atoms with E-state index in [9.17, 15) is 24.5 Å². The predicted molar refractivity (Wildman–Crippen MR) is 147 cm³/mol. The lowest BCUT2D eigenvalue weighted by atomic mass is 10.0. The average Bonchev–Trinajstić information content (AvgIpc) is 3.49. The lowest BCUT2D eigenvalue weighted by molar-refractivity contribution is -0.640. The summed E-state index contributed by atoms with van der Waals surface area (Å²) in [6, 6.07) is 14.2. The van der Waals surface area contributed by atoms with Crippen molar-refractivity contribution in [2.75, 3.05) is 13.1 Å². The molecule has 3 unspecified atom stereocenters. The molecule has 1 fully saturated rings. The number of carbonyl (C=O) groups excluding carboxylic acids is 3. The molecular weight excluding hydrogens is 518 g/mol. The molecular formula is C27H35N7O6. The highest BCUT2D eigenvalue weighted by atomic mass is 16.7. The molecule has 1 aliphatic rings. The molecule has 13 heteroatoms. The number of hydrogen-bond donors (Lipinski definition) is 4. The molecule has 0 saturated carbocycles. The maximum Gasteiger partial charge on any atom is 0.335 e. The van der Waals surface area contributed by atoms with E-state index in [0.29, 0.717) is 24.1 Å². The maximum atomic E-state index is 13.8. The fourth-order valence-electron chi connectivity index (χ4n) is 4.40. The largest absolute Gasteiger partial charge is 0.459 e. The number of amides is 2. The van der Waals surface area contributed by atoms with E-state index in [1.807, 2.05) is 0 Å². The summed E-state index contributed by atoms with van der Waals surface area (Å²) in [5.41, 5.74) is 12.1. The van der Waals surface area contributed by atoms with Crippen molar-refractivity contribution in [1.82, 2.24) is 15.6 Å². The van der Waals surface area contributed by atoms with Gasteiger partial charge in [0.05, 0.1) is 6.04 Å². The van der Waals surface area contributed by atoms with Crippen LogP contribution in [0.3, 0.4) is 0 Å². The lowest BCUT2D eigenvalue weighted by Gasteiger charge is -2.26. The van der Waals surface area contributed by atoms with Crippen LogP contribution in [0, 0.1) is 10.1 Å². The van der Waals surface area contributed by atoms with Gasteiger partial charge in [0.15, 0.2) is 17.0 Å². The minimum absolute atomic E-state index is 0.0117. The summed E-state index contributed by atoms with van der Waals surface area (Å²) >= 11 is 0. The van der Waals surface area contributed by atoms with Crippen molar-refractivity contribution in [3.8, 4) is 0 Å². The fraction of sp³-hybridized carbons (Fsp3) is 0.407. The van der Waals surface area contributed by atoms with Gasteiger partial charge in [0.1, 0.15) is 12.6 Å². The molecule has 0 radical (unpaired) electrons. The Hall–Kier alpha value is -4.52. The minimum atomic E-state index is -1.58. The van der Waals surface area contributed by atoms with Crippen LogP contribution in [0.2, 0.25) is 0 Å². The van der Waals surface area contributed by atoms with Crippen LogP contribution in [-0.4, -0.2) is 65.0 Å². The number of ether oxygens (including phenoxy) is 1. The summed E-state index contributed by atoms with van der Waals surface area (Å²) < 4.78 is 5.39. The van der Waals surface area contributed by atoms with Crippen LogP contribution in [0.25, 0.3) is 0 Å². The Balaban J connectivity index is 1.87. The summed E-state index contributed by atoms with van der Waals surface area (Å²) in [5.74, 6) is -2.60. The molecule has 2 aromatic rings. The number of nitro groups is 1. The van der Waals surface area contributed by atoms with Gasteiger partial charge in [-0.05, 0) is 48.4 Å². The molecule has 13 nitrogen and oxygen atoms in total. The molecule has 0 spiro atoms. The molecule has 2 aromatic carbocycles. The predicted octanol–water partition coefficient (Wildman–Crippen LogP) is 0.652. The number of nitrogens with one attached hydrogen (secondary N) is 2. The van der Waals surface area contributed by atoms with Crippen molar-refractivity contribution in [1.29, 1.82) is 0 Å². The third kappa shape index (κ3) is 9.05. The van der Waals surface area contributed by atoms with E-state index in [1.54, 1.807) is 60.7 Å². The van der Waals surface area contributed by atoms with Crippen LogP contribution in [0.4, 0.5) is 0 Å². The van der Waals surface area contributed by atoms with Gasteiger partial charge in [-0.3, -0.25) is 14.6 Å². The molecule has 40 heavy (non-hydrogen) atoms. The SMILES string of the molecule is NC(N)=NCCCC(C(=O)OCc1ccccc1)N(C(=O)C(Cc1ccccc1)NC(=O)C1CCCN1)[N+](=O)[O-]. The Morgan fingerprint density at radius 1 is 1.10 bits per heavy atom. The van der Waals surface area contributed by atoms with Gasteiger partial charge in [0.25, 0.3) is 0 Å². The molecule has 6 N–H and O–H groups in total. The number of aliphatic imine (C=N–C) groups is 1. The van der Waals surface area contributed by atoms with E-state index >= 15 is 0 Å². The Labute approximate surface area is 232 Å². The number of carbonyl (C=O) groups is 3. The number of hydrogen-bond acceptors (Lipinski definition) is 8. The van der Waals surface area contributed by atoms with E-state index < -0.39 is 40.9 Å². The molecule has 0 aliphatic carbocycles. The number of esters is 1. The Morgan fingerprint density at radius 3 is 2.33 bits per heavy atom. The zero-order valence-corrected chi connectivity index (χ0v) is 22.1. The van der Waals surface area contributed by atoms with Crippen LogP contribution < -0.4 is 22.1 Å². The summed E-state index contributed by atoms with van der Waals surface area (Å²) in [6.45, 7) is 0.602. The molecule has 3 atom stereocenters. The van der Waals surface area contributed by atoms with Crippen LogP contribution in [0.5, 0.6) is 0 Å². The first-order chi connectivity index (χ1) is 19.3. The number of guanidine groups is 1. The van der Waals surface area contributed by atoms with E-state index in [1.165, 1.54) is 0 Å². The van der Waals surface area contributed by atoms with Crippen molar-refractivity contribution in [3.05, 3.63) is 81.9 Å². The highest BCUT2D eigenvalue weighted by Gasteiger charge is 2.43. The van der Waals surface area contributed by atoms with Gasteiger partial charge in [-0.2, -0.15) is 0 Å². The van der Waals surface area contributed by atoms with Crippen LogP contribution in [0.15, 0.2) is 65.7 Å². The van der Waals surface area contributed by atoms with Crippen molar-refractivity contribution in [3.63, 3.8) is 0 Å². The molecule has 1 aliphatic heterocycles. The molecule has 0 bridgehead atoms. The standard InChI is InChI=1S/C27H35N7O6/c28-27(29)31-16-8-14-23(26(37)40-18-20-11-5-2-6-12-20)33(34(38)39)25(36)22(17-19-9-3-1-4-10-19)32-24(35)21-13-7-15-30-21/h1-6,9-12,21-23,30H,7-8,13-18H2,(H,32,35)(H4,28,29,31). The third-order valence-electron chi connectivity index (χ3n) is 6.40. The smallest absolute Gasteiger partial charge is 0.335 e. The molecule has 3 rings (SSSR count). The summed E-state index contributed by atoms with van der Waals surface area (Å²) in [4.78, 5) is 56.1. The quantitative estimate of drug-likeness (QED) is 0.0648. The van der Waals surface area contributed by atoms with Crippen molar-refractivity contribution < 1.29 is 24.2 Å². The Morgan fingerprint density at radius 2 is 1.75 bits per heavy atom. The summed E-state index contributed by atoms with van der Waals surface area (Å²) in [6.07, 6.45) is 1.37. The molecule has 0 aromatic heterocycles. The second-order valence-electron chi connectivity index (χ2n) is 9.38. The second kappa shape index (κ2) is 15.2. The number of rotatable bonds is 14. The van der Waals surface area contributed by atoms with Crippen molar-refractivity contribution in [2.45, 2.75) is 56.8 Å². The van der Waals surface area contributed by atoms with Crippen molar-refractivity contribution in [2.24, 2.45) is 16.5 Å². The first-order valence-corrected chi connectivity index (χ1v) is 13.1. The van der Waals surface area contributed by atoms with Gasteiger partial charge in [0.2, 0.25) is 5.91 Å². The number of hydrazine groups is 1. The fourth-order valence-corrected chi connectivity index (χ4v) is 4.40. The van der Waals surface area contributed by atoms with Gasteiger partial charge in [-0.15, -0.1) is 0 Å². The lowest BCUT2D eigenvalue weighted by Crippen LogP contribution is -2.58. The Kier molecular flexibility index (Phi) is 11.4. The normalized spacial score (nSPS) is 15.8. The molecule has 1 saturated heterocycles. The van der Waals surface area contributed by atoms with E-state index in [-0.39, 0.29) is 43.4 Å². The van der Waals surface area contributed by atoms with Gasteiger partial charge in [0, 0.05) is 13.0 Å². The van der Waals surface area contributed by atoms with E-state index in [4.69, 9.17) is 16.2 Å².